The lowest BCUT2D eigenvalue weighted by Crippen LogP contribution is -2.12. The highest BCUT2D eigenvalue weighted by molar-refractivity contribution is 5.65. The van der Waals surface area contributed by atoms with Gasteiger partial charge in [0, 0.05) is 20.3 Å². The van der Waals surface area contributed by atoms with Crippen LogP contribution in [-0.4, -0.2) is 25.2 Å². The Bertz CT molecular complexity index is 368. The second kappa shape index (κ2) is 5.72. The Labute approximate surface area is 97.0 Å². The maximum Gasteiger partial charge on any atom is 0.433 e. The molecule has 0 aliphatic rings. The largest absolute Gasteiger partial charge is 0.433 e. The van der Waals surface area contributed by atoms with Crippen molar-refractivity contribution >= 4 is 11.4 Å². The molecular formula is C10H14F3N3O. The van der Waals surface area contributed by atoms with Crippen molar-refractivity contribution < 1.29 is 17.9 Å². The van der Waals surface area contributed by atoms with Crippen LogP contribution >= 0.6 is 0 Å². The number of nitrogens with one attached hydrogen (secondary N) is 1. The van der Waals surface area contributed by atoms with Crippen LogP contribution in [0.1, 0.15) is 12.1 Å². The number of hydrogen-bond donors (Lipinski definition) is 2. The van der Waals surface area contributed by atoms with E-state index in [0.717, 1.165) is 12.3 Å². The molecule has 1 aromatic rings. The summed E-state index contributed by atoms with van der Waals surface area (Å²) in [6.45, 7) is 1.02. The van der Waals surface area contributed by atoms with E-state index in [0.29, 0.717) is 19.6 Å². The number of rotatable bonds is 5. The predicted octanol–water partition coefficient (Wildman–Crippen LogP) is 2.13. The number of anilines is 2. The van der Waals surface area contributed by atoms with Crippen molar-refractivity contribution in [2.45, 2.75) is 12.6 Å². The summed E-state index contributed by atoms with van der Waals surface area (Å²) in [5.41, 5.74) is 5.00. The Morgan fingerprint density at radius 3 is 2.76 bits per heavy atom. The molecule has 3 N–H and O–H groups in total. The Kier molecular flexibility index (Phi) is 4.56. The molecule has 1 aromatic heterocycles. The van der Waals surface area contributed by atoms with E-state index in [4.69, 9.17) is 10.5 Å². The number of nitrogens with two attached hydrogens (primary N) is 1. The molecule has 0 saturated carbocycles. The van der Waals surface area contributed by atoms with Gasteiger partial charge in [-0.05, 0) is 12.5 Å². The van der Waals surface area contributed by atoms with Crippen molar-refractivity contribution in [3.05, 3.63) is 18.0 Å². The fourth-order valence-electron chi connectivity index (χ4n) is 1.21. The molecule has 1 rings (SSSR count). The van der Waals surface area contributed by atoms with Gasteiger partial charge in [-0.15, -0.1) is 0 Å². The smallest absolute Gasteiger partial charge is 0.396 e. The highest BCUT2D eigenvalue weighted by atomic mass is 19.4. The van der Waals surface area contributed by atoms with Crippen molar-refractivity contribution in [1.29, 1.82) is 0 Å². The minimum absolute atomic E-state index is 0.190. The Hall–Kier alpha value is -1.50. The molecule has 17 heavy (non-hydrogen) atoms. The van der Waals surface area contributed by atoms with Crippen LogP contribution in [0.15, 0.2) is 12.3 Å². The van der Waals surface area contributed by atoms with E-state index < -0.39 is 11.9 Å². The van der Waals surface area contributed by atoms with Gasteiger partial charge in [-0.25, -0.2) is 4.98 Å². The maximum atomic E-state index is 12.4. The summed E-state index contributed by atoms with van der Waals surface area (Å²) < 4.78 is 42.0. The molecule has 0 bridgehead atoms. The maximum absolute atomic E-state index is 12.4. The molecule has 0 aliphatic heterocycles. The number of nitrogens with zero attached hydrogens (tertiary/aromatic N) is 1. The molecule has 0 amide bonds. The zero-order valence-corrected chi connectivity index (χ0v) is 9.34. The Morgan fingerprint density at radius 1 is 1.47 bits per heavy atom. The molecule has 96 valence electrons. The second-order valence-corrected chi connectivity index (χ2v) is 3.43. The molecule has 0 atom stereocenters. The molecule has 7 heteroatoms. The van der Waals surface area contributed by atoms with Gasteiger partial charge in [0.15, 0.2) is 0 Å². The van der Waals surface area contributed by atoms with Crippen LogP contribution in [0.5, 0.6) is 0 Å². The SMILES string of the molecule is COCCCNc1cc(C(F)(F)F)ncc1N. The summed E-state index contributed by atoms with van der Waals surface area (Å²) in [4.78, 5) is 3.24. The lowest BCUT2D eigenvalue weighted by Gasteiger charge is -2.12. The van der Waals surface area contributed by atoms with E-state index >= 15 is 0 Å². The van der Waals surface area contributed by atoms with Crippen molar-refractivity contribution in [2.24, 2.45) is 0 Å². The van der Waals surface area contributed by atoms with Crippen molar-refractivity contribution in [3.8, 4) is 0 Å². The van der Waals surface area contributed by atoms with Crippen LogP contribution in [-0.2, 0) is 10.9 Å². The summed E-state index contributed by atoms with van der Waals surface area (Å²) >= 11 is 0. The van der Waals surface area contributed by atoms with E-state index in [1.165, 1.54) is 0 Å². The van der Waals surface area contributed by atoms with Crippen molar-refractivity contribution in [1.82, 2.24) is 4.98 Å². The number of halogens is 3. The van der Waals surface area contributed by atoms with E-state index in [-0.39, 0.29) is 11.4 Å². The first kappa shape index (κ1) is 13.6. The Balaban J connectivity index is 2.70. The summed E-state index contributed by atoms with van der Waals surface area (Å²) in [6.07, 6.45) is -2.78. The van der Waals surface area contributed by atoms with Gasteiger partial charge in [0.1, 0.15) is 5.69 Å². The molecule has 1 heterocycles. The fourth-order valence-corrected chi connectivity index (χ4v) is 1.21. The van der Waals surface area contributed by atoms with Crippen LogP contribution in [0.2, 0.25) is 0 Å². The zero-order chi connectivity index (χ0) is 12.9. The standard InChI is InChI=1S/C10H14F3N3O/c1-17-4-2-3-15-8-5-9(10(11,12)13)16-6-7(8)14/h5-6H,2-4,14H2,1H3,(H,15,16). The van der Waals surface area contributed by atoms with Gasteiger partial charge in [0.05, 0.1) is 17.6 Å². The molecule has 0 radical (unpaired) electrons. The van der Waals surface area contributed by atoms with Crippen LogP contribution in [0.3, 0.4) is 0 Å². The molecule has 0 unspecified atom stereocenters. The Morgan fingerprint density at radius 2 is 2.18 bits per heavy atom. The molecule has 0 aromatic carbocycles. The first-order valence-corrected chi connectivity index (χ1v) is 5.00. The fraction of sp³-hybridized carbons (Fsp3) is 0.500. The average molecular weight is 249 g/mol. The highest BCUT2D eigenvalue weighted by Crippen LogP contribution is 2.30. The third kappa shape index (κ3) is 4.10. The van der Waals surface area contributed by atoms with Crippen LogP contribution in [0.25, 0.3) is 0 Å². The highest BCUT2D eigenvalue weighted by Gasteiger charge is 2.32. The van der Waals surface area contributed by atoms with Gasteiger partial charge in [-0.3, -0.25) is 0 Å². The molecule has 0 aliphatic carbocycles. The summed E-state index contributed by atoms with van der Waals surface area (Å²) in [7, 11) is 1.56. The molecule has 0 fully saturated rings. The number of ether oxygens (including phenoxy) is 1. The van der Waals surface area contributed by atoms with Crippen LogP contribution in [0.4, 0.5) is 24.5 Å². The van der Waals surface area contributed by atoms with Crippen molar-refractivity contribution in [3.63, 3.8) is 0 Å². The average Bonchev–Trinajstić information content (AvgIpc) is 2.25. The molecule has 0 spiro atoms. The van der Waals surface area contributed by atoms with Gasteiger partial charge in [-0.1, -0.05) is 0 Å². The molecule has 0 saturated heterocycles. The van der Waals surface area contributed by atoms with Gasteiger partial charge >= 0.3 is 6.18 Å². The first-order valence-electron chi connectivity index (χ1n) is 5.00. The third-order valence-electron chi connectivity index (χ3n) is 2.07. The van der Waals surface area contributed by atoms with E-state index in [1.807, 2.05) is 0 Å². The first-order chi connectivity index (χ1) is 7.95. The lowest BCUT2D eigenvalue weighted by atomic mass is 10.2. The van der Waals surface area contributed by atoms with Gasteiger partial charge in [0.2, 0.25) is 0 Å². The second-order valence-electron chi connectivity index (χ2n) is 3.43. The summed E-state index contributed by atoms with van der Waals surface area (Å²) in [5, 5.41) is 2.82. The quantitative estimate of drug-likeness (QED) is 0.785. The number of nitrogen functional groups attached to an aromatic ring is 1. The van der Waals surface area contributed by atoms with Crippen LogP contribution < -0.4 is 11.1 Å². The summed E-state index contributed by atoms with van der Waals surface area (Å²) in [6, 6.07) is 0.905. The number of hydrogen-bond acceptors (Lipinski definition) is 4. The topological polar surface area (TPSA) is 60.2 Å². The monoisotopic (exact) mass is 249 g/mol. The van der Waals surface area contributed by atoms with E-state index in [1.54, 1.807) is 7.11 Å². The summed E-state index contributed by atoms with van der Waals surface area (Å²) in [5.74, 6) is 0. The molecular weight excluding hydrogens is 235 g/mol. The molecule has 4 nitrogen and oxygen atoms in total. The zero-order valence-electron chi connectivity index (χ0n) is 9.34. The van der Waals surface area contributed by atoms with Gasteiger partial charge in [-0.2, -0.15) is 13.2 Å². The van der Waals surface area contributed by atoms with Crippen LogP contribution in [0, 0.1) is 0 Å². The lowest BCUT2D eigenvalue weighted by molar-refractivity contribution is -0.141. The van der Waals surface area contributed by atoms with Crippen molar-refractivity contribution in [2.75, 3.05) is 31.3 Å². The number of methoxy groups -OCH3 is 1. The van der Waals surface area contributed by atoms with Gasteiger partial charge < -0.3 is 15.8 Å². The number of pyridine rings is 1. The minimum Gasteiger partial charge on any atom is -0.396 e. The normalized spacial score (nSPS) is 11.5. The third-order valence-corrected chi connectivity index (χ3v) is 2.07. The predicted molar refractivity (Wildman–Crippen MR) is 58.6 cm³/mol. The van der Waals surface area contributed by atoms with E-state index in [2.05, 4.69) is 10.3 Å². The number of alkyl halides is 3. The van der Waals surface area contributed by atoms with Gasteiger partial charge in [0.25, 0.3) is 0 Å². The van der Waals surface area contributed by atoms with E-state index in [9.17, 15) is 13.2 Å². The minimum atomic E-state index is -4.46. The number of aromatic nitrogens is 1.